The SMILES string of the molecule is CC(C)(C)C1OC(CO)[C@@H](O[C@@H]2OC(CO)[C@@H](O)[C@H](O)C2O)[C@H](O)C1O. The Labute approximate surface area is 151 Å². The van der Waals surface area contributed by atoms with Crippen LogP contribution in [-0.4, -0.2) is 110 Å². The van der Waals surface area contributed by atoms with Crippen LogP contribution in [-0.2, 0) is 14.2 Å². The van der Waals surface area contributed by atoms with Crippen molar-refractivity contribution in [3.05, 3.63) is 0 Å². The molecule has 2 heterocycles. The number of rotatable bonds is 4. The molecule has 10 nitrogen and oxygen atoms in total. The van der Waals surface area contributed by atoms with E-state index in [4.69, 9.17) is 14.2 Å². The van der Waals surface area contributed by atoms with Gasteiger partial charge in [-0.05, 0) is 5.41 Å². The predicted octanol–water partition coefficient (Wildman–Crippen LogP) is -3.30. The van der Waals surface area contributed by atoms with Crippen molar-refractivity contribution in [2.45, 2.75) is 82.0 Å². The minimum atomic E-state index is -1.67. The van der Waals surface area contributed by atoms with E-state index in [-0.39, 0.29) is 0 Å². The Morgan fingerprint density at radius 1 is 0.731 bits per heavy atom. The van der Waals surface area contributed by atoms with Gasteiger partial charge in [-0.2, -0.15) is 0 Å². The molecule has 10 atom stereocenters. The fourth-order valence-corrected chi connectivity index (χ4v) is 3.31. The summed E-state index contributed by atoms with van der Waals surface area (Å²) < 4.78 is 16.4. The molecule has 26 heavy (non-hydrogen) atoms. The second-order valence-electron chi connectivity index (χ2n) is 7.92. The van der Waals surface area contributed by atoms with Crippen molar-refractivity contribution in [3.63, 3.8) is 0 Å². The predicted molar refractivity (Wildman–Crippen MR) is 85.9 cm³/mol. The third-order valence-corrected chi connectivity index (χ3v) is 4.86. The molecule has 0 aliphatic carbocycles. The van der Waals surface area contributed by atoms with Crippen LogP contribution in [0, 0.1) is 5.41 Å². The third kappa shape index (κ3) is 4.20. The van der Waals surface area contributed by atoms with Crippen LogP contribution in [0.1, 0.15) is 20.8 Å². The lowest BCUT2D eigenvalue weighted by Gasteiger charge is -2.48. The molecule has 0 saturated carbocycles. The molecule has 10 heteroatoms. The van der Waals surface area contributed by atoms with Crippen LogP contribution in [0.5, 0.6) is 0 Å². The van der Waals surface area contributed by atoms with E-state index in [1.807, 2.05) is 0 Å². The van der Waals surface area contributed by atoms with Crippen molar-refractivity contribution in [2.24, 2.45) is 5.41 Å². The van der Waals surface area contributed by atoms with Crippen LogP contribution in [0.2, 0.25) is 0 Å². The van der Waals surface area contributed by atoms with Crippen LogP contribution >= 0.6 is 0 Å². The van der Waals surface area contributed by atoms with Gasteiger partial charge in [-0.1, -0.05) is 20.8 Å². The lowest BCUT2D eigenvalue weighted by atomic mass is 9.80. The molecule has 154 valence electrons. The van der Waals surface area contributed by atoms with Crippen molar-refractivity contribution >= 4 is 0 Å². The fourth-order valence-electron chi connectivity index (χ4n) is 3.31. The summed E-state index contributed by atoms with van der Waals surface area (Å²) in [5, 5.41) is 69.3. The van der Waals surface area contributed by atoms with Gasteiger partial charge in [-0.25, -0.2) is 0 Å². The Bertz CT molecular complexity index is 451. The van der Waals surface area contributed by atoms with E-state index in [9.17, 15) is 35.7 Å². The molecule has 0 aromatic carbocycles. The quantitative estimate of drug-likeness (QED) is 0.261. The Kier molecular flexibility index (Phi) is 7.00. The first-order valence-corrected chi connectivity index (χ1v) is 8.61. The summed E-state index contributed by atoms with van der Waals surface area (Å²) in [5.41, 5.74) is -0.526. The van der Waals surface area contributed by atoms with Crippen molar-refractivity contribution in [3.8, 4) is 0 Å². The number of aliphatic hydroxyl groups is 7. The highest BCUT2D eigenvalue weighted by molar-refractivity contribution is 4.98. The van der Waals surface area contributed by atoms with Crippen molar-refractivity contribution in [1.29, 1.82) is 0 Å². The Balaban J connectivity index is 2.16. The molecule has 5 unspecified atom stereocenters. The first kappa shape index (κ1) is 21.9. The zero-order valence-corrected chi connectivity index (χ0v) is 15.0. The maximum atomic E-state index is 10.5. The largest absolute Gasteiger partial charge is 0.394 e. The van der Waals surface area contributed by atoms with Gasteiger partial charge >= 0.3 is 0 Å². The standard InChI is InChI=1S/C16H30O10/c1-16(2,3)14-11(22)10(21)13(7(5-18)24-14)26-15-12(23)9(20)8(19)6(4-17)25-15/h6-15,17-23H,4-5H2,1-3H3/t6?,7?,8-,9+,10-,11?,12?,13-,14?,15+/m1/s1. The van der Waals surface area contributed by atoms with E-state index in [2.05, 4.69) is 0 Å². The highest BCUT2D eigenvalue weighted by atomic mass is 16.7. The van der Waals surface area contributed by atoms with Crippen molar-refractivity contribution < 1.29 is 50.0 Å². The van der Waals surface area contributed by atoms with E-state index in [1.54, 1.807) is 20.8 Å². The van der Waals surface area contributed by atoms with E-state index >= 15 is 0 Å². The number of aliphatic hydroxyl groups excluding tert-OH is 7. The molecule has 0 amide bonds. The lowest BCUT2D eigenvalue weighted by Crippen LogP contribution is -2.65. The Hall–Kier alpha value is -0.400. The first-order chi connectivity index (χ1) is 12.0. The summed E-state index contributed by atoms with van der Waals surface area (Å²) in [5.74, 6) is 0. The minimum Gasteiger partial charge on any atom is -0.394 e. The van der Waals surface area contributed by atoms with Gasteiger partial charge in [0.25, 0.3) is 0 Å². The Morgan fingerprint density at radius 3 is 1.81 bits per heavy atom. The minimum absolute atomic E-state index is 0.526. The molecule has 0 bridgehead atoms. The van der Waals surface area contributed by atoms with Gasteiger partial charge in [0.1, 0.15) is 48.8 Å². The summed E-state index contributed by atoms with van der Waals surface area (Å²) >= 11 is 0. The highest BCUT2D eigenvalue weighted by Crippen LogP contribution is 2.35. The molecule has 0 spiro atoms. The van der Waals surface area contributed by atoms with E-state index in [0.717, 1.165) is 0 Å². The van der Waals surface area contributed by atoms with Gasteiger partial charge in [0, 0.05) is 0 Å². The molecule has 0 radical (unpaired) electrons. The monoisotopic (exact) mass is 382 g/mol. The van der Waals surface area contributed by atoms with Crippen LogP contribution < -0.4 is 0 Å². The number of ether oxygens (including phenoxy) is 3. The summed E-state index contributed by atoms with van der Waals surface area (Å²) in [7, 11) is 0. The van der Waals surface area contributed by atoms with Gasteiger partial charge in [-0.15, -0.1) is 0 Å². The van der Waals surface area contributed by atoms with Crippen molar-refractivity contribution in [1.82, 2.24) is 0 Å². The van der Waals surface area contributed by atoms with Crippen LogP contribution in [0.25, 0.3) is 0 Å². The highest BCUT2D eigenvalue weighted by Gasteiger charge is 2.52. The molecular weight excluding hydrogens is 352 g/mol. The van der Waals surface area contributed by atoms with Crippen LogP contribution in [0.15, 0.2) is 0 Å². The van der Waals surface area contributed by atoms with E-state index < -0.39 is 79.9 Å². The first-order valence-electron chi connectivity index (χ1n) is 8.61. The van der Waals surface area contributed by atoms with Crippen molar-refractivity contribution in [2.75, 3.05) is 13.2 Å². The normalized spacial score (nSPS) is 47.8. The molecule has 2 aliphatic heterocycles. The second-order valence-corrected chi connectivity index (χ2v) is 7.92. The average Bonchev–Trinajstić information content (AvgIpc) is 2.58. The molecule has 2 aliphatic rings. The van der Waals surface area contributed by atoms with Gasteiger partial charge in [0.15, 0.2) is 6.29 Å². The van der Waals surface area contributed by atoms with Crippen LogP contribution in [0.3, 0.4) is 0 Å². The summed E-state index contributed by atoms with van der Waals surface area (Å²) in [6, 6.07) is 0. The zero-order valence-electron chi connectivity index (χ0n) is 15.0. The van der Waals surface area contributed by atoms with Gasteiger partial charge in [-0.3, -0.25) is 0 Å². The number of hydrogen-bond donors (Lipinski definition) is 7. The molecule has 2 rings (SSSR count). The average molecular weight is 382 g/mol. The van der Waals surface area contributed by atoms with Gasteiger partial charge < -0.3 is 50.0 Å². The zero-order chi connectivity index (χ0) is 19.8. The molecule has 7 N–H and O–H groups in total. The van der Waals surface area contributed by atoms with Gasteiger partial charge in [0.05, 0.1) is 19.3 Å². The summed E-state index contributed by atoms with van der Waals surface area (Å²) in [6.45, 7) is 4.26. The molecule has 2 fully saturated rings. The Morgan fingerprint density at radius 2 is 1.31 bits per heavy atom. The topological polar surface area (TPSA) is 169 Å². The maximum Gasteiger partial charge on any atom is 0.187 e. The molecule has 0 aromatic rings. The lowest BCUT2D eigenvalue weighted by molar-refractivity contribution is -0.345. The molecule has 2 saturated heterocycles. The van der Waals surface area contributed by atoms with Gasteiger partial charge in [0.2, 0.25) is 0 Å². The second kappa shape index (κ2) is 8.31. The molecular formula is C16H30O10. The third-order valence-electron chi connectivity index (χ3n) is 4.86. The smallest absolute Gasteiger partial charge is 0.187 e. The van der Waals surface area contributed by atoms with Crippen LogP contribution in [0.4, 0.5) is 0 Å². The summed E-state index contributed by atoms with van der Waals surface area (Å²) in [6.07, 6.45) is -13.4. The number of hydrogen-bond acceptors (Lipinski definition) is 10. The fraction of sp³-hybridized carbons (Fsp3) is 1.00. The molecule has 0 aromatic heterocycles. The summed E-state index contributed by atoms with van der Waals surface area (Å²) in [4.78, 5) is 0. The maximum absolute atomic E-state index is 10.5. The van der Waals surface area contributed by atoms with E-state index in [0.29, 0.717) is 0 Å². The van der Waals surface area contributed by atoms with E-state index in [1.165, 1.54) is 0 Å².